The molecule has 0 bridgehead atoms. The lowest BCUT2D eigenvalue weighted by Gasteiger charge is -2.17. The molecule has 0 aromatic heterocycles. The fourth-order valence-electron chi connectivity index (χ4n) is 2.40. The van der Waals surface area contributed by atoms with Crippen LogP contribution in [-0.2, 0) is 4.79 Å². The molecule has 0 atom stereocenters. The molecule has 0 aliphatic carbocycles. The van der Waals surface area contributed by atoms with Gasteiger partial charge in [0.25, 0.3) is 0 Å². The van der Waals surface area contributed by atoms with Crippen LogP contribution in [0.2, 0.25) is 0 Å². The Hall–Kier alpha value is -2.05. The van der Waals surface area contributed by atoms with Gasteiger partial charge in [-0.1, -0.05) is 15.9 Å². The summed E-state index contributed by atoms with van der Waals surface area (Å²) in [4.78, 5) is 14.1. The Kier molecular flexibility index (Phi) is 7.94. The number of hydrogen-bond acceptors (Lipinski definition) is 4. The summed E-state index contributed by atoms with van der Waals surface area (Å²) >= 11 is 3.42. The van der Waals surface area contributed by atoms with Gasteiger partial charge in [-0.05, 0) is 68.9 Å². The van der Waals surface area contributed by atoms with E-state index < -0.39 is 0 Å². The van der Waals surface area contributed by atoms with Crippen LogP contribution in [0, 0.1) is 6.92 Å². The second-order valence-corrected chi connectivity index (χ2v) is 6.91. The number of carbonyl (C=O) groups excluding carboxylic acids is 1. The number of ether oxygens (including phenoxy) is 2. The summed E-state index contributed by atoms with van der Waals surface area (Å²) in [6, 6.07) is 13.3. The third-order valence-electron chi connectivity index (χ3n) is 3.75. The van der Waals surface area contributed by atoms with Crippen LogP contribution in [0.5, 0.6) is 11.5 Å². The Balaban J connectivity index is 1.72. The molecule has 0 heterocycles. The van der Waals surface area contributed by atoms with Crippen molar-refractivity contribution in [3.63, 3.8) is 0 Å². The van der Waals surface area contributed by atoms with E-state index in [1.54, 1.807) is 0 Å². The minimum atomic E-state index is -0.0426. The van der Waals surface area contributed by atoms with Crippen molar-refractivity contribution in [3.8, 4) is 11.5 Å². The van der Waals surface area contributed by atoms with Crippen molar-refractivity contribution in [2.45, 2.75) is 13.8 Å². The zero-order chi connectivity index (χ0) is 18.9. The van der Waals surface area contributed by atoms with Crippen molar-refractivity contribution >= 4 is 27.5 Å². The van der Waals surface area contributed by atoms with Gasteiger partial charge in [-0.2, -0.15) is 0 Å². The van der Waals surface area contributed by atoms with Crippen molar-refractivity contribution in [3.05, 3.63) is 52.5 Å². The molecule has 2 rings (SSSR count). The first-order valence-corrected chi connectivity index (χ1v) is 9.37. The molecule has 0 saturated heterocycles. The fraction of sp³-hybridized carbons (Fsp3) is 0.350. The van der Waals surface area contributed by atoms with Crippen molar-refractivity contribution in [1.29, 1.82) is 0 Å². The number of likely N-dealkylation sites (N-methyl/N-ethyl adjacent to an activating group) is 1. The van der Waals surface area contributed by atoms with Gasteiger partial charge < -0.3 is 14.8 Å². The third kappa shape index (κ3) is 6.69. The zero-order valence-corrected chi connectivity index (χ0v) is 17.0. The Morgan fingerprint density at radius 3 is 2.38 bits per heavy atom. The topological polar surface area (TPSA) is 50.8 Å². The van der Waals surface area contributed by atoms with E-state index in [1.165, 1.54) is 0 Å². The average Bonchev–Trinajstić information content (AvgIpc) is 2.59. The van der Waals surface area contributed by atoms with Gasteiger partial charge in [0.05, 0.1) is 13.2 Å². The molecule has 0 unspecified atom stereocenters. The summed E-state index contributed by atoms with van der Waals surface area (Å²) < 4.78 is 12.1. The number of nitrogens with one attached hydrogen (secondary N) is 1. The standard InChI is InChI=1S/C20H25BrN2O3/c1-4-25-17-6-8-18(9-7-17)26-12-11-23(3)14-20(24)22-19-10-5-16(21)13-15(19)2/h5-10,13H,4,11-12,14H2,1-3H3,(H,22,24). The quantitative estimate of drug-likeness (QED) is 0.662. The van der Waals surface area contributed by atoms with Crippen molar-refractivity contribution in [2.75, 3.05) is 38.7 Å². The Labute approximate surface area is 163 Å². The molecule has 2 aromatic carbocycles. The molecule has 6 heteroatoms. The fourth-order valence-corrected chi connectivity index (χ4v) is 2.87. The second kappa shape index (κ2) is 10.2. The van der Waals surface area contributed by atoms with E-state index in [9.17, 15) is 4.79 Å². The van der Waals surface area contributed by atoms with Crippen LogP contribution in [-0.4, -0.2) is 44.2 Å². The first-order valence-electron chi connectivity index (χ1n) is 8.58. The van der Waals surface area contributed by atoms with E-state index in [0.717, 1.165) is 27.2 Å². The number of rotatable bonds is 9. The summed E-state index contributed by atoms with van der Waals surface area (Å²) in [5.41, 5.74) is 1.85. The van der Waals surface area contributed by atoms with E-state index in [4.69, 9.17) is 9.47 Å². The van der Waals surface area contributed by atoms with E-state index in [0.29, 0.717) is 26.3 Å². The number of halogens is 1. The van der Waals surface area contributed by atoms with Crippen LogP contribution in [0.25, 0.3) is 0 Å². The summed E-state index contributed by atoms with van der Waals surface area (Å²) in [5.74, 6) is 1.58. The van der Waals surface area contributed by atoms with E-state index in [1.807, 2.05) is 68.3 Å². The van der Waals surface area contributed by atoms with Crippen LogP contribution in [0.4, 0.5) is 5.69 Å². The molecule has 26 heavy (non-hydrogen) atoms. The zero-order valence-electron chi connectivity index (χ0n) is 15.4. The first-order chi connectivity index (χ1) is 12.5. The number of nitrogens with zero attached hydrogens (tertiary/aromatic N) is 1. The lowest BCUT2D eigenvalue weighted by Crippen LogP contribution is -2.33. The number of hydrogen-bond donors (Lipinski definition) is 1. The van der Waals surface area contributed by atoms with E-state index >= 15 is 0 Å². The first kappa shape index (κ1) is 20.3. The minimum Gasteiger partial charge on any atom is -0.494 e. The smallest absolute Gasteiger partial charge is 0.238 e. The van der Waals surface area contributed by atoms with Crippen LogP contribution < -0.4 is 14.8 Å². The third-order valence-corrected chi connectivity index (χ3v) is 4.25. The largest absolute Gasteiger partial charge is 0.494 e. The Morgan fingerprint density at radius 2 is 1.77 bits per heavy atom. The molecule has 0 aliphatic rings. The Bertz CT molecular complexity index is 719. The number of benzene rings is 2. The summed E-state index contributed by atoms with van der Waals surface area (Å²) in [5, 5.41) is 2.94. The van der Waals surface area contributed by atoms with Gasteiger partial charge in [-0.15, -0.1) is 0 Å². The molecule has 1 amide bonds. The second-order valence-electron chi connectivity index (χ2n) is 6.00. The maximum absolute atomic E-state index is 12.2. The van der Waals surface area contributed by atoms with Crippen LogP contribution in [0.1, 0.15) is 12.5 Å². The van der Waals surface area contributed by atoms with E-state index in [-0.39, 0.29) is 5.91 Å². The summed E-state index contributed by atoms with van der Waals surface area (Å²) in [6.45, 7) is 6.03. The monoisotopic (exact) mass is 420 g/mol. The summed E-state index contributed by atoms with van der Waals surface area (Å²) in [7, 11) is 1.90. The average molecular weight is 421 g/mol. The van der Waals surface area contributed by atoms with Crippen molar-refractivity contribution < 1.29 is 14.3 Å². The predicted molar refractivity (Wildman–Crippen MR) is 108 cm³/mol. The number of anilines is 1. The lowest BCUT2D eigenvalue weighted by molar-refractivity contribution is -0.117. The highest BCUT2D eigenvalue weighted by Gasteiger charge is 2.09. The van der Waals surface area contributed by atoms with Gasteiger partial charge >= 0.3 is 0 Å². The molecular weight excluding hydrogens is 396 g/mol. The molecule has 0 radical (unpaired) electrons. The number of carbonyl (C=O) groups is 1. The number of amides is 1. The minimum absolute atomic E-state index is 0.0426. The molecule has 5 nitrogen and oxygen atoms in total. The molecule has 1 N–H and O–H groups in total. The van der Waals surface area contributed by atoms with Crippen LogP contribution in [0.3, 0.4) is 0 Å². The highest BCUT2D eigenvalue weighted by atomic mass is 79.9. The summed E-state index contributed by atoms with van der Waals surface area (Å²) in [6.07, 6.45) is 0. The van der Waals surface area contributed by atoms with Gasteiger partial charge in [-0.3, -0.25) is 9.69 Å². The normalized spacial score (nSPS) is 10.7. The van der Waals surface area contributed by atoms with Crippen LogP contribution >= 0.6 is 15.9 Å². The predicted octanol–water partition coefficient (Wildman–Crippen LogP) is 4.11. The molecule has 0 spiro atoms. The van der Waals surface area contributed by atoms with Crippen molar-refractivity contribution in [1.82, 2.24) is 4.90 Å². The molecule has 2 aromatic rings. The molecule has 0 saturated carbocycles. The molecule has 140 valence electrons. The van der Waals surface area contributed by atoms with Gasteiger partial charge in [-0.25, -0.2) is 0 Å². The lowest BCUT2D eigenvalue weighted by atomic mass is 10.2. The molecule has 0 fully saturated rings. The SMILES string of the molecule is CCOc1ccc(OCCN(C)CC(=O)Nc2ccc(Br)cc2C)cc1. The number of aryl methyl sites for hydroxylation is 1. The van der Waals surface area contributed by atoms with Gasteiger partial charge in [0.2, 0.25) is 5.91 Å². The van der Waals surface area contributed by atoms with Gasteiger partial charge in [0, 0.05) is 16.7 Å². The molecular formula is C20H25BrN2O3. The van der Waals surface area contributed by atoms with Crippen LogP contribution in [0.15, 0.2) is 46.9 Å². The highest BCUT2D eigenvalue weighted by Crippen LogP contribution is 2.20. The van der Waals surface area contributed by atoms with Gasteiger partial charge in [0.15, 0.2) is 0 Å². The maximum atomic E-state index is 12.2. The maximum Gasteiger partial charge on any atom is 0.238 e. The van der Waals surface area contributed by atoms with Crippen molar-refractivity contribution in [2.24, 2.45) is 0 Å². The van der Waals surface area contributed by atoms with Gasteiger partial charge in [0.1, 0.15) is 18.1 Å². The highest BCUT2D eigenvalue weighted by molar-refractivity contribution is 9.10. The Morgan fingerprint density at radius 1 is 1.12 bits per heavy atom. The molecule has 0 aliphatic heterocycles. The van der Waals surface area contributed by atoms with E-state index in [2.05, 4.69) is 21.2 Å².